The van der Waals surface area contributed by atoms with E-state index in [9.17, 15) is 4.79 Å². The molecule has 1 atom stereocenters. The summed E-state index contributed by atoms with van der Waals surface area (Å²) in [5, 5.41) is 6.71. The van der Waals surface area contributed by atoms with E-state index in [0.717, 1.165) is 41.5 Å². The summed E-state index contributed by atoms with van der Waals surface area (Å²) in [5.74, 6) is 1.84. The van der Waals surface area contributed by atoms with Crippen LogP contribution in [0.25, 0.3) is 0 Å². The quantitative estimate of drug-likeness (QED) is 0.377. The van der Waals surface area contributed by atoms with Gasteiger partial charge in [-0.1, -0.05) is 13.8 Å². The number of guanidine groups is 1. The van der Waals surface area contributed by atoms with Gasteiger partial charge in [0.05, 0.1) is 19.3 Å². The molecule has 1 aliphatic rings. The maximum atomic E-state index is 12.1. The summed E-state index contributed by atoms with van der Waals surface area (Å²) in [4.78, 5) is 22.8. The van der Waals surface area contributed by atoms with Crippen LogP contribution in [-0.4, -0.2) is 55.0 Å². The fraction of sp³-hybridized carbons (Fsp3) is 0.632. The summed E-state index contributed by atoms with van der Waals surface area (Å²) in [5.41, 5.74) is 2.99. The van der Waals surface area contributed by atoms with Crippen molar-refractivity contribution in [2.45, 2.75) is 46.7 Å². The number of nitrogens with zero attached hydrogens (tertiary/aromatic N) is 3. The maximum absolute atomic E-state index is 12.1. The third-order valence-electron chi connectivity index (χ3n) is 4.73. The molecule has 1 saturated heterocycles. The molecule has 0 saturated carbocycles. The van der Waals surface area contributed by atoms with Crippen LogP contribution in [0.1, 0.15) is 37.1 Å². The van der Waals surface area contributed by atoms with E-state index in [1.54, 1.807) is 14.2 Å². The highest BCUT2D eigenvalue weighted by molar-refractivity contribution is 14.0. The summed E-state index contributed by atoms with van der Waals surface area (Å²) >= 11 is 0. The van der Waals surface area contributed by atoms with Gasteiger partial charge in [0.1, 0.15) is 5.75 Å². The lowest BCUT2D eigenvalue weighted by Gasteiger charge is -2.20. The van der Waals surface area contributed by atoms with Crippen LogP contribution < -0.4 is 15.4 Å². The number of aliphatic imine (C=N–C) groups is 1. The van der Waals surface area contributed by atoms with E-state index >= 15 is 0 Å². The van der Waals surface area contributed by atoms with E-state index in [-0.39, 0.29) is 41.8 Å². The lowest BCUT2D eigenvalue weighted by molar-refractivity contribution is -0.133. The number of hydrogen-bond donors (Lipinski definition) is 2. The Morgan fingerprint density at radius 3 is 2.74 bits per heavy atom. The van der Waals surface area contributed by atoms with Gasteiger partial charge in [0.2, 0.25) is 5.91 Å². The number of nitrogens with one attached hydrogen (secondary N) is 2. The molecule has 1 unspecified atom stereocenters. The average Bonchev–Trinajstić information content (AvgIpc) is 3.08. The first-order valence-electron chi connectivity index (χ1n) is 9.12. The minimum Gasteiger partial charge on any atom is -0.496 e. The van der Waals surface area contributed by atoms with Gasteiger partial charge in [-0.05, 0) is 20.3 Å². The number of likely N-dealkylation sites (tertiary alicyclic amines) is 1. The van der Waals surface area contributed by atoms with E-state index < -0.39 is 0 Å². The van der Waals surface area contributed by atoms with Crippen LogP contribution >= 0.6 is 24.0 Å². The Morgan fingerprint density at radius 2 is 2.15 bits per heavy atom. The smallest absolute Gasteiger partial charge is 0.225 e. The molecule has 1 fully saturated rings. The first kappa shape index (κ1) is 23.5. The van der Waals surface area contributed by atoms with E-state index in [4.69, 9.17) is 4.74 Å². The van der Waals surface area contributed by atoms with Crippen molar-refractivity contribution in [3.8, 4) is 5.75 Å². The van der Waals surface area contributed by atoms with Crippen molar-refractivity contribution in [3.63, 3.8) is 0 Å². The molecule has 1 aromatic rings. The van der Waals surface area contributed by atoms with E-state index in [1.807, 2.05) is 38.8 Å². The van der Waals surface area contributed by atoms with Crippen molar-refractivity contribution in [1.82, 2.24) is 20.5 Å². The fourth-order valence-electron chi connectivity index (χ4n) is 3.25. The third-order valence-corrected chi connectivity index (χ3v) is 4.73. The minimum absolute atomic E-state index is 0. The fourth-order valence-corrected chi connectivity index (χ4v) is 3.25. The SMILES string of the molecule is CN=C(NCc1ncc(C)c(OC)c1C)NC1CCN(C(=O)C(C)C)C1.I. The molecule has 152 valence electrons. The molecule has 2 N–H and O–H groups in total. The molecule has 1 amide bonds. The van der Waals surface area contributed by atoms with Gasteiger partial charge >= 0.3 is 0 Å². The number of rotatable bonds is 5. The molecule has 2 heterocycles. The molecule has 1 aromatic heterocycles. The number of aryl methyl sites for hydroxylation is 1. The number of aromatic nitrogens is 1. The first-order valence-corrected chi connectivity index (χ1v) is 9.12. The molecule has 0 aliphatic carbocycles. The number of pyridine rings is 1. The summed E-state index contributed by atoms with van der Waals surface area (Å²) in [6, 6.07) is 0.213. The topological polar surface area (TPSA) is 78.9 Å². The van der Waals surface area contributed by atoms with Crippen LogP contribution in [0.3, 0.4) is 0 Å². The Kier molecular flexibility index (Phi) is 9.28. The molecule has 0 spiro atoms. The molecule has 8 heteroatoms. The van der Waals surface area contributed by atoms with Gasteiger partial charge in [-0.3, -0.25) is 14.8 Å². The van der Waals surface area contributed by atoms with Crippen molar-refractivity contribution in [3.05, 3.63) is 23.0 Å². The van der Waals surface area contributed by atoms with Gasteiger partial charge < -0.3 is 20.3 Å². The molecule has 1 aliphatic heterocycles. The van der Waals surface area contributed by atoms with Gasteiger partial charge in [-0.25, -0.2) is 0 Å². The summed E-state index contributed by atoms with van der Waals surface area (Å²) in [6.45, 7) is 9.95. The number of halogens is 1. The number of amides is 1. The van der Waals surface area contributed by atoms with Gasteiger partial charge in [-0.2, -0.15) is 0 Å². The number of carbonyl (C=O) groups excluding carboxylic acids is 1. The molecule has 0 bridgehead atoms. The molecule has 2 rings (SSSR count). The largest absolute Gasteiger partial charge is 0.496 e. The second-order valence-corrected chi connectivity index (χ2v) is 7.04. The number of ether oxygens (including phenoxy) is 1. The van der Waals surface area contributed by atoms with Crippen LogP contribution in [0, 0.1) is 19.8 Å². The monoisotopic (exact) mass is 489 g/mol. The predicted molar refractivity (Wildman–Crippen MR) is 119 cm³/mol. The Hall–Kier alpha value is -1.58. The Bertz CT molecular complexity index is 678. The normalized spacial score (nSPS) is 16.9. The van der Waals surface area contributed by atoms with Crippen LogP contribution in [0.4, 0.5) is 0 Å². The first-order chi connectivity index (χ1) is 12.4. The predicted octanol–water partition coefficient (Wildman–Crippen LogP) is 2.25. The molecule has 0 radical (unpaired) electrons. The average molecular weight is 489 g/mol. The highest BCUT2D eigenvalue weighted by Crippen LogP contribution is 2.23. The van der Waals surface area contributed by atoms with Crippen molar-refractivity contribution in [2.75, 3.05) is 27.2 Å². The van der Waals surface area contributed by atoms with E-state index in [2.05, 4.69) is 20.6 Å². The van der Waals surface area contributed by atoms with Gasteiger partial charge in [0.15, 0.2) is 5.96 Å². The van der Waals surface area contributed by atoms with Crippen LogP contribution in [0.15, 0.2) is 11.2 Å². The second kappa shape index (κ2) is 10.7. The lowest BCUT2D eigenvalue weighted by Crippen LogP contribution is -2.45. The van der Waals surface area contributed by atoms with Crippen LogP contribution in [-0.2, 0) is 11.3 Å². The maximum Gasteiger partial charge on any atom is 0.225 e. The van der Waals surface area contributed by atoms with Crippen molar-refractivity contribution < 1.29 is 9.53 Å². The van der Waals surface area contributed by atoms with Crippen LogP contribution in [0.5, 0.6) is 5.75 Å². The molecule has 7 nitrogen and oxygen atoms in total. The highest BCUT2D eigenvalue weighted by atomic mass is 127. The van der Waals surface area contributed by atoms with Crippen molar-refractivity contribution in [2.24, 2.45) is 10.9 Å². The Morgan fingerprint density at radius 1 is 1.44 bits per heavy atom. The summed E-state index contributed by atoms with van der Waals surface area (Å²) in [6.07, 6.45) is 2.75. The molecular weight excluding hydrogens is 457 g/mol. The van der Waals surface area contributed by atoms with Gasteiger partial charge in [0, 0.05) is 49.4 Å². The van der Waals surface area contributed by atoms with Gasteiger partial charge in [-0.15, -0.1) is 24.0 Å². The molecule has 27 heavy (non-hydrogen) atoms. The van der Waals surface area contributed by atoms with Crippen molar-refractivity contribution in [1.29, 1.82) is 0 Å². The van der Waals surface area contributed by atoms with E-state index in [1.165, 1.54) is 0 Å². The zero-order valence-corrected chi connectivity index (χ0v) is 19.5. The second-order valence-electron chi connectivity index (χ2n) is 7.04. The lowest BCUT2D eigenvalue weighted by atomic mass is 10.1. The van der Waals surface area contributed by atoms with Crippen LogP contribution in [0.2, 0.25) is 0 Å². The minimum atomic E-state index is 0. The zero-order chi connectivity index (χ0) is 19.3. The summed E-state index contributed by atoms with van der Waals surface area (Å²) < 4.78 is 5.46. The number of carbonyl (C=O) groups is 1. The highest BCUT2D eigenvalue weighted by Gasteiger charge is 2.28. The third kappa shape index (κ3) is 5.95. The van der Waals surface area contributed by atoms with E-state index in [0.29, 0.717) is 13.1 Å². The zero-order valence-electron chi connectivity index (χ0n) is 17.1. The molecular formula is C19H32IN5O2. The standard InChI is InChI=1S/C19H31N5O2.HI/c1-12(2)18(25)24-8-7-15(11-24)23-19(20-5)22-10-16-14(4)17(26-6)13(3)9-21-16;/h9,12,15H,7-8,10-11H2,1-6H3,(H2,20,22,23);1H. The molecule has 0 aromatic carbocycles. The summed E-state index contributed by atoms with van der Waals surface area (Å²) in [7, 11) is 3.43. The Labute approximate surface area is 179 Å². The number of methoxy groups -OCH3 is 1. The van der Waals surface area contributed by atoms with Crippen molar-refractivity contribution >= 4 is 35.8 Å². The Balaban J connectivity index is 0.00000364. The van der Waals surface area contributed by atoms with Gasteiger partial charge in [0.25, 0.3) is 0 Å². The number of hydrogen-bond acceptors (Lipinski definition) is 4.